The minimum absolute atomic E-state index is 0.250. The predicted octanol–water partition coefficient (Wildman–Crippen LogP) is 0.264. The van der Waals surface area contributed by atoms with Gasteiger partial charge >= 0.3 is 0 Å². The van der Waals surface area contributed by atoms with E-state index in [1.165, 1.54) is 31.2 Å². The highest BCUT2D eigenvalue weighted by Crippen LogP contribution is 1.80. The topological polar surface area (TPSA) is 33.9 Å². The summed E-state index contributed by atoms with van der Waals surface area (Å²) in [6.07, 6.45) is 8.42. The third-order valence-corrected chi connectivity index (χ3v) is 1.43. The number of carbonyl (C=O) groups is 1. The lowest BCUT2D eigenvalue weighted by Gasteiger charge is -2.01. The second-order valence-electron chi connectivity index (χ2n) is 2.76. The highest BCUT2D eigenvalue weighted by molar-refractivity contribution is 7.76. The first-order chi connectivity index (χ1) is 6.16. The molecule has 0 aromatic heterocycles. The van der Waals surface area contributed by atoms with Gasteiger partial charge in [0.15, 0.2) is 6.34 Å². The molecule has 0 amide bonds. The third-order valence-electron chi connectivity index (χ3n) is 1.43. The molecule has 0 spiro atoms. The zero-order valence-corrected chi connectivity index (χ0v) is 8.93. The molecular weight excluding hydrogens is 184 g/mol. The van der Waals surface area contributed by atoms with Gasteiger partial charge in [-0.05, 0) is 13.3 Å². The second-order valence-corrected chi connectivity index (χ2v) is 3.34. The molecule has 1 unspecified atom stereocenters. The van der Waals surface area contributed by atoms with Crippen molar-refractivity contribution in [1.29, 1.82) is 0 Å². The third kappa shape index (κ3) is 9.17. The van der Waals surface area contributed by atoms with E-state index in [1.807, 2.05) is 12.5 Å². The minimum atomic E-state index is -0.250. The summed E-state index contributed by atoms with van der Waals surface area (Å²) in [5.41, 5.74) is 0. The number of unbranched alkanes of at least 4 members (excludes halogenated alkanes) is 1. The van der Waals surface area contributed by atoms with E-state index in [1.54, 1.807) is 0 Å². The van der Waals surface area contributed by atoms with Crippen molar-refractivity contribution in [2.24, 2.45) is 4.99 Å². The molecule has 0 saturated heterocycles. The zero-order chi connectivity index (χ0) is 10.1. The van der Waals surface area contributed by atoms with Crippen LogP contribution in [0.3, 0.4) is 0 Å². The van der Waals surface area contributed by atoms with Gasteiger partial charge in [-0.25, -0.2) is 4.99 Å². The Morgan fingerprint density at radius 1 is 1.62 bits per heavy atom. The quantitative estimate of drug-likeness (QED) is 0.663. The first-order valence-corrected chi connectivity index (χ1v) is 4.80. The summed E-state index contributed by atoms with van der Waals surface area (Å²) in [6.45, 7) is 4.74. The van der Waals surface area contributed by atoms with Crippen molar-refractivity contribution in [2.45, 2.75) is 26.7 Å². The van der Waals surface area contributed by atoms with Gasteiger partial charge in [0.1, 0.15) is 6.20 Å². The van der Waals surface area contributed by atoms with Crippen molar-refractivity contribution in [3.05, 3.63) is 12.4 Å². The molecule has 1 aliphatic rings. The molecule has 3 nitrogen and oxygen atoms in total. The maximum Gasteiger partial charge on any atom is 0.193 e. The molecule has 1 N–H and O–H groups in total. The summed E-state index contributed by atoms with van der Waals surface area (Å²) in [4.78, 5) is 14.6. The van der Waals surface area contributed by atoms with Gasteiger partial charge in [-0.1, -0.05) is 13.3 Å². The fraction of sp³-hybridized carbons (Fsp3) is 0.556. The molecule has 0 aromatic rings. The minimum Gasteiger partial charge on any atom is -0.742 e. The number of hydrogen-bond acceptors (Lipinski definition) is 3. The molecule has 0 fully saturated rings. The Balaban J connectivity index is 0.000000310. The summed E-state index contributed by atoms with van der Waals surface area (Å²) < 4.78 is 0. The fourth-order valence-corrected chi connectivity index (χ4v) is 0.849. The second kappa shape index (κ2) is 7.89. The van der Waals surface area contributed by atoms with E-state index in [0.717, 1.165) is 0 Å². The largest absolute Gasteiger partial charge is 0.742 e. The Morgan fingerprint density at radius 3 is 2.62 bits per heavy atom. The monoisotopic (exact) mass is 200 g/mol. The number of hydrogen-bond donors (Lipinski definition) is 1. The van der Waals surface area contributed by atoms with Crippen LogP contribution in [0.25, 0.3) is 0 Å². The van der Waals surface area contributed by atoms with E-state index in [-0.39, 0.29) is 5.12 Å². The van der Waals surface area contributed by atoms with Crippen LogP contribution in [0.2, 0.25) is 0 Å². The van der Waals surface area contributed by atoms with Crippen LogP contribution >= 0.6 is 0 Å². The van der Waals surface area contributed by atoms with E-state index < -0.39 is 0 Å². The SMILES string of the molecule is CC(=O)[S-].CCCC[NH+]1C=CN=C1. The lowest BCUT2D eigenvalue weighted by atomic mass is 10.3. The summed E-state index contributed by atoms with van der Waals surface area (Å²) in [6, 6.07) is 0. The highest BCUT2D eigenvalue weighted by atomic mass is 32.1. The Bertz CT molecular complexity index is 186. The van der Waals surface area contributed by atoms with Crippen molar-refractivity contribution in [3.8, 4) is 0 Å². The maximum absolute atomic E-state index is 9.26. The van der Waals surface area contributed by atoms with Crippen LogP contribution in [-0.2, 0) is 17.4 Å². The maximum atomic E-state index is 9.26. The number of aliphatic imine (C=N–C) groups is 1. The van der Waals surface area contributed by atoms with Crippen LogP contribution in [0.5, 0.6) is 0 Å². The average Bonchev–Trinajstić information content (AvgIpc) is 2.51. The fourth-order valence-electron chi connectivity index (χ4n) is 0.849. The van der Waals surface area contributed by atoms with Crippen molar-refractivity contribution in [3.63, 3.8) is 0 Å². The Kier molecular flexibility index (Phi) is 7.44. The highest BCUT2D eigenvalue weighted by Gasteiger charge is 2.02. The molecule has 1 atom stereocenters. The standard InChI is InChI=1S/C7H12N2.C2H4OS/c1-2-3-5-9-6-4-8-7-9;1-2(3)4/h4,6-7H,2-3,5H2,1H3;1H3,(H,3,4). The van der Waals surface area contributed by atoms with Gasteiger partial charge in [0.2, 0.25) is 0 Å². The van der Waals surface area contributed by atoms with Crippen molar-refractivity contribution >= 4 is 24.1 Å². The van der Waals surface area contributed by atoms with Gasteiger partial charge in [-0.2, -0.15) is 0 Å². The van der Waals surface area contributed by atoms with Crippen molar-refractivity contribution < 1.29 is 9.69 Å². The van der Waals surface area contributed by atoms with Gasteiger partial charge < -0.3 is 17.4 Å². The summed E-state index contributed by atoms with van der Waals surface area (Å²) >= 11 is 3.98. The average molecular weight is 200 g/mol. The van der Waals surface area contributed by atoms with Crippen LogP contribution in [0.1, 0.15) is 26.7 Å². The predicted molar refractivity (Wildman–Crippen MR) is 56.4 cm³/mol. The normalized spacial score (nSPS) is 18.2. The van der Waals surface area contributed by atoms with Crippen LogP contribution in [0.4, 0.5) is 0 Å². The van der Waals surface area contributed by atoms with Gasteiger partial charge in [-0.3, -0.25) is 4.90 Å². The van der Waals surface area contributed by atoms with E-state index >= 15 is 0 Å². The molecule has 0 radical (unpaired) electrons. The van der Waals surface area contributed by atoms with E-state index in [4.69, 9.17) is 0 Å². The molecule has 0 saturated carbocycles. The Labute approximate surface area is 84.9 Å². The van der Waals surface area contributed by atoms with Crippen LogP contribution in [0.15, 0.2) is 17.4 Å². The zero-order valence-electron chi connectivity index (χ0n) is 8.12. The number of quaternary nitrogens is 1. The molecule has 1 rings (SSSR count). The lowest BCUT2D eigenvalue weighted by Crippen LogP contribution is -3.05. The summed E-state index contributed by atoms with van der Waals surface area (Å²) in [5.74, 6) is 0. The number of carbonyl (C=O) groups excluding carboxylic acids is 1. The van der Waals surface area contributed by atoms with Crippen LogP contribution in [0, 0.1) is 0 Å². The van der Waals surface area contributed by atoms with Crippen molar-refractivity contribution in [2.75, 3.05) is 6.54 Å². The van der Waals surface area contributed by atoms with E-state index in [9.17, 15) is 4.79 Å². The summed E-state index contributed by atoms with van der Waals surface area (Å²) in [5, 5.41) is -0.250. The molecule has 4 heteroatoms. The van der Waals surface area contributed by atoms with Gasteiger partial charge in [0.25, 0.3) is 0 Å². The Hall–Kier alpha value is -0.740. The lowest BCUT2D eigenvalue weighted by molar-refractivity contribution is -0.736. The molecular formula is C9H16N2OS. The van der Waals surface area contributed by atoms with Gasteiger partial charge in [0, 0.05) is 5.12 Å². The Morgan fingerprint density at radius 2 is 2.23 bits per heavy atom. The van der Waals surface area contributed by atoms with E-state index in [0.29, 0.717) is 0 Å². The molecule has 0 aliphatic carbocycles. The first-order valence-electron chi connectivity index (χ1n) is 4.40. The molecule has 0 bridgehead atoms. The van der Waals surface area contributed by atoms with Crippen LogP contribution in [-0.4, -0.2) is 18.0 Å². The van der Waals surface area contributed by atoms with Gasteiger partial charge in [-0.15, -0.1) is 0 Å². The van der Waals surface area contributed by atoms with Crippen molar-refractivity contribution in [1.82, 2.24) is 0 Å². The summed E-state index contributed by atoms with van der Waals surface area (Å²) in [7, 11) is 0. The van der Waals surface area contributed by atoms with Gasteiger partial charge in [0.05, 0.1) is 12.7 Å². The molecule has 1 aliphatic heterocycles. The molecule has 74 valence electrons. The number of nitrogens with zero attached hydrogens (tertiary/aromatic N) is 1. The number of rotatable bonds is 3. The first kappa shape index (κ1) is 12.3. The molecule has 0 aromatic carbocycles. The van der Waals surface area contributed by atoms with E-state index in [2.05, 4.69) is 30.7 Å². The molecule has 1 heterocycles. The number of nitrogens with one attached hydrogen (secondary N) is 1. The smallest absolute Gasteiger partial charge is 0.193 e. The molecule has 13 heavy (non-hydrogen) atoms. The van der Waals surface area contributed by atoms with Crippen LogP contribution < -0.4 is 4.90 Å².